The standard InChI is InChI=1S/C13H17F3N2O/c14-10-7-9(8-11(15)12(10)16)13(19)18-6-4-2-1-3-5-17/h7-8H,1-6,17H2,(H,18,19). The minimum atomic E-state index is -1.57. The van der Waals surface area contributed by atoms with Crippen LogP contribution in [0.1, 0.15) is 36.0 Å². The summed E-state index contributed by atoms with van der Waals surface area (Å²) < 4.78 is 38.5. The van der Waals surface area contributed by atoms with E-state index in [4.69, 9.17) is 5.73 Å². The van der Waals surface area contributed by atoms with E-state index in [0.717, 1.165) is 25.7 Å². The monoisotopic (exact) mass is 274 g/mol. The Morgan fingerprint density at radius 3 is 2.21 bits per heavy atom. The maximum Gasteiger partial charge on any atom is 0.251 e. The van der Waals surface area contributed by atoms with E-state index in [1.165, 1.54) is 0 Å². The fourth-order valence-electron chi connectivity index (χ4n) is 1.61. The topological polar surface area (TPSA) is 55.1 Å². The molecule has 106 valence electrons. The summed E-state index contributed by atoms with van der Waals surface area (Å²) in [6.45, 7) is 1.05. The number of nitrogens with one attached hydrogen (secondary N) is 1. The van der Waals surface area contributed by atoms with Gasteiger partial charge in [-0.25, -0.2) is 13.2 Å². The Bertz CT molecular complexity index is 415. The number of carbonyl (C=O) groups is 1. The van der Waals surface area contributed by atoms with Crippen LogP contribution in [0, 0.1) is 17.5 Å². The molecule has 1 rings (SSSR count). The molecule has 0 radical (unpaired) electrons. The van der Waals surface area contributed by atoms with Gasteiger partial charge in [-0.05, 0) is 31.5 Å². The first-order valence-corrected chi connectivity index (χ1v) is 6.19. The molecule has 0 aliphatic heterocycles. The normalized spacial score (nSPS) is 10.5. The maximum absolute atomic E-state index is 12.9. The predicted octanol–water partition coefficient (Wildman–Crippen LogP) is 2.35. The van der Waals surface area contributed by atoms with Crippen LogP contribution >= 0.6 is 0 Å². The van der Waals surface area contributed by atoms with Gasteiger partial charge in [0.15, 0.2) is 17.5 Å². The van der Waals surface area contributed by atoms with E-state index in [-0.39, 0.29) is 5.56 Å². The molecule has 1 amide bonds. The average Bonchev–Trinajstić information content (AvgIpc) is 2.39. The van der Waals surface area contributed by atoms with Crippen molar-refractivity contribution in [3.63, 3.8) is 0 Å². The number of nitrogens with two attached hydrogens (primary N) is 1. The van der Waals surface area contributed by atoms with Gasteiger partial charge in [-0.2, -0.15) is 0 Å². The highest BCUT2D eigenvalue weighted by Crippen LogP contribution is 2.13. The lowest BCUT2D eigenvalue weighted by Crippen LogP contribution is -2.24. The lowest BCUT2D eigenvalue weighted by atomic mass is 10.1. The Morgan fingerprint density at radius 2 is 1.63 bits per heavy atom. The summed E-state index contributed by atoms with van der Waals surface area (Å²) in [5.41, 5.74) is 5.11. The third-order valence-electron chi connectivity index (χ3n) is 2.66. The molecule has 1 aromatic carbocycles. The van der Waals surface area contributed by atoms with Gasteiger partial charge >= 0.3 is 0 Å². The summed E-state index contributed by atoms with van der Waals surface area (Å²) in [5, 5.41) is 2.52. The largest absolute Gasteiger partial charge is 0.352 e. The van der Waals surface area contributed by atoms with E-state index in [0.29, 0.717) is 25.2 Å². The Kier molecular flexibility index (Phi) is 6.35. The van der Waals surface area contributed by atoms with Gasteiger partial charge in [0, 0.05) is 12.1 Å². The van der Waals surface area contributed by atoms with Crippen molar-refractivity contribution in [1.82, 2.24) is 5.32 Å². The number of unbranched alkanes of at least 4 members (excludes halogenated alkanes) is 3. The van der Waals surface area contributed by atoms with Crippen LogP contribution in [0.4, 0.5) is 13.2 Å². The average molecular weight is 274 g/mol. The van der Waals surface area contributed by atoms with Crippen LogP contribution in [-0.4, -0.2) is 19.0 Å². The van der Waals surface area contributed by atoms with Crippen molar-refractivity contribution >= 4 is 5.91 Å². The van der Waals surface area contributed by atoms with Gasteiger partial charge in [0.05, 0.1) is 0 Å². The van der Waals surface area contributed by atoms with Crippen LogP contribution in [0.25, 0.3) is 0 Å². The Hall–Kier alpha value is -1.56. The van der Waals surface area contributed by atoms with E-state index in [2.05, 4.69) is 5.32 Å². The van der Waals surface area contributed by atoms with Crippen LogP contribution in [0.2, 0.25) is 0 Å². The second-order valence-electron chi connectivity index (χ2n) is 4.21. The molecule has 0 atom stereocenters. The van der Waals surface area contributed by atoms with E-state index in [1.807, 2.05) is 0 Å². The molecule has 0 fully saturated rings. The van der Waals surface area contributed by atoms with Crippen LogP contribution < -0.4 is 11.1 Å². The Balaban J connectivity index is 2.42. The van der Waals surface area contributed by atoms with Crippen molar-refractivity contribution in [2.45, 2.75) is 25.7 Å². The molecular formula is C13H17F3N2O. The fraction of sp³-hybridized carbons (Fsp3) is 0.462. The second-order valence-corrected chi connectivity index (χ2v) is 4.21. The highest BCUT2D eigenvalue weighted by molar-refractivity contribution is 5.94. The molecule has 0 unspecified atom stereocenters. The van der Waals surface area contributed by atoms with Crippen LogP contribution in [0.15, 0.2) is 12.1 Å². The molecule has 3 nitrogen and oxygen atoms in total. The second kappa shape index (κ2) is 7.78. The molecule has 0 heterocycles. The molecule has 19 heavy (non-hydrogen) atoms. The molecule has 0 saturated carbocycles. The summed E-state index contributed by atoms with van der Waals surface area (Å²) in [7, 11) is 0. The molecule has 6 heteroatoms. The first kappa shape index (κ1) is 15.5. The number of hydrogen-bond acceptors (Lipinski definition) is 2. The zero-order chi connectivity index (χ0) is 14.3. The number of amides is 1. The minimum Gasteiger partial charge on any atom is -0.352 e. The van der Waals surface area contributed by atoms with Gasteiger partial charge < -0.3 is 11.1 Å². The maximum atomic E-state index is 12.9. The SMILES string of the molecule is NCCCCCCNC(=O)c1cc(F)c(F)c(F)c1. The summed E-state index contributed by atoms with van der Waals surface area (Å²) in [5.74, 6) is -4.92. The molecule has 0 aromatic heterocycles. The number of hydrogen-bond donors (Lipinski definition) is 2. The summed E-state index contributed by atoms with van der Waals surface area (Å²) >= 11 is 0. The van der Waals surface area contributed by atoms with Gasteiger partial charge in [-0.15, -0.1) is 0 Å². The van der Waals surface area contributed by atoms with Gasteiger partial charge in [0.1, 0.15) is 0 Å². The number of halogens is 3. The molecule has 0 spiro atoms. The minimum absolute atomic E-state index is 0.224. The molecule has 0 bridgehead atoms. The van der Waals surface area contributed by atoms with Crippen molar-refractivity contribution in [2.75, 3.05) is 13.1 Å². The Morgan fingerprint density at radius 1 is 1.05 bits per heavy atom. The lowest BCUT2D eigenvalue weighted by Gasteiger charge is -2.06. The highest BCUT2D eigenvalue weighted by atomic mass is 19.2. The third-order valence-corrected chi connectivity index (χ3v) is 2.66. The zero-order valence-corrected chi connectivity index (χ0v) is 10.5. The molecule has 3 N–H and O–H groups in total. The van der Waals surface area contributed by atoms with Crippen LogP contribution in [-0.2, 0) is 0 Å². The van der Waals surface area contributed by atoms with Crippen molar-refractivity contribution in [2.24, 2.45) is 5.73 Å². The van der Waals surface area contributed by atoms with E-state index < -0.39 is 23.4 Å². The number of carbonyl (C=O) groups excluding carboxylic acids is 1. The molecule has 0 aliphatic carbocycles. The fourth-order valence-corrected chi connectivity index (χ4v) is 1.61. The quantitative estimate of drug-likeness (QED) is 0.592. The van der Waals surface area contributed by atoms with Crippen molar-refractivity contribution in [3.05, 3.63) is 35.1 Å². The first-order valence-electron chi connectivity index (χ1n) is 6.19. The number of rotatable bonds is 7. The van der Waals surface area contributed by atoms with Crippen molar-refractivity contribution in [1.29, 1.82) is 0 Å². The van der Waals surface area contributed by atoms with Crippen LogP contribution in [0.5, 0.6) is 0 Å². The third kappa shape index (κ3) is 4.90. The van der Waals surface area contributed by atoms with Gasteiger partial charge in [0.2, 0.25) is 0 Å². The lowest BCUT2D eigenvalue weighted by molar-refractivity contribution is 0.0951. The van der Waals surface area contributed by atoms with Gasteiger partial charge in [0.25, 0.3) is 5.91 Å². The Labute approximate surface area is 110 Å². The predicted molar refractivity (Wildman–Crippen MR) is 66.2 cm³/mol. The zero-order valence-electron chi connectivity index (χ0n) is 10.5. The molecule has 0 aliphatic rings. The van der Waals surface area contributed by atoms with Crippen molar-refractivity contribution < 1.29 is 18.0 Å². The highest BCUT2D eigenvalue weighted by Gasteiger charge is 2.14. The summed E-state index contributed by atoms with van der Waals surface area (Å²) in [6, 6.07) is 1.37. The van der Waals surface area contributed by atoms with E-state index in [9.17, 15) is 18.0 Å². The van der Waals surface area contributed by atoms with E-state index >= 15 is 0 Å². The molecule has 0 saturated heterocycles. The van der Waals surface area contributed by atoms with Gasteiger partial charge in [-0.1, -0.05) is 12.8 Å². The van der Waals surface area contributed by atoms with Crippen molar-refractivity contribution in [3.8, 4) is 0 Å². The van der Waals surface area contributed by atoms with Gasteiger partial charge in [-0.3, -0.25) is 4.79 Å². The molecular weight excluding hydrogens is 257 g/mol. The summed E-state index contributed by atoms with van der Waals surface area (Å²) in [4.78, 5) is 11.6. The molecule has 1 aromatic rings. The van der Waals surface area contributed by atoms with E-state index in [1.54, 1.807) is 0 Å². The first-order chi connectivity index (χ1) is 9.06. The van der Waals surface area contributed by atoms with Crippen LogP contribution in [0.3, 0.4) is 0 Å². The number of benzene rings is 1. The summed E-state index contributed by atoms with van der Waals surface area (Å²) in [6.07, 6.45) is 3.59. The smallest absolute Gasteiger partial charge is 0.251 e.